The van der Waals surface area contributed by atoms with Crippen molar-refractivity contribution >= 4 is 44.2 Å². The number of hydrogen-bond donors (Lipinski definition) is 0. The fraction of sp³-hybridized carbons (Fsp3) is 0.174. The van der Waals surface area contributed by atoms with Gasteiger partial charge in [-0.2, -0.15) is 0 Å². The largest absolute Gasteiger partial charge is 0.493 e. The van der Waals surface area contributed by atoms with Gasteiger partial charge in [-0.15, -0.1) is 0 Å². The number of carbonyl (C=O) groups excluding carboxylic acids is 1. The number of methoxy groups -OCH3 is 3. The van der Waals surface area contributed by atoms with Crippen LogP contribution in [0.15, 0.2) is 54.9 Å². The van der Waals surface area contributed by atoms with Crippen LogP contribution in [0.4, 0.5) is 5.13 Å². The zero-order valence-corrected chi connectivity index (χ0v) is 19.2. The predicted molar refractivity (Wildman–Crippen MR) is 125 cm³/mol. The number of benzene rings is 2. The molecular formula is C23H20ClN3O4S. The van der Waals surface area contributed by atoms with Crippen molar-refractivity contribution in [1.82, 2.24) is 9.97 Å². The second kappa shape index (κ2) is 9.42. The molecule has 1 amide bonds. The highest BCUT2D eigenvalue weighted by atomic mass is 35.5. The summed E-state index contributed by atoms with van der Waals surface area (Å²) in [5, 5.41) is 1.16. The van der Waals surface area contributed by atoms with Gasteiger partial charge in [0.15, 0.2) is 16.6 Å². The van der Waals surface area contributed by atoms with Crippen LogP contribution in [-0.4, -0.2) is 37.2 Å². The van der Waals surface area contributed by atoms with E-state index < -0.39 is 0 Å². The molecule has 0 saturated carbocycles. The monoisotopic (exact) mass is 469 g/mol. The van der Waals surface area contributed by atoms with Crippen molar-refractivity contribution in [2.75, 3.05) is 26.2 Å². The first-order valence-electron chi connectivity index (χ1n) is 9.61. The number of anilines is 1. The molecule has 2 aromatic carbocycles. The van der Waals surface area contributed by atoms with Crippen molar-refractivity contribution in [3.05, 3.63) is 71.0 Å². The topological polar surface area (TPSA) is 73.8 Å². The Kier molecular flexibility index (Phi) is 6.43. The Morgan fingerprint density at radius 2 is 1.81 bits per heavy atom. The van der Waals surface area contributed by atoms with Crippen LogP contribution in [0.5, 0.6) is 17.2 Å². The highest BCUT2D eigenvalue weighted by Crippen LogP contribution is 2.39. The number of nitrogens with zero attached hydrogens (tertiary/aromatic N) is 3. The van der Waals surface area contributed by atoms with Crippen molar-refractivity contribution in [2.45, 2.75) is 6.54 Å². The summed E-state index contributed by atoms with van der Waals surface area (Å²) < 4.78 is 17.1. The SMILES string of the molecule is COc1cc(C(=O)N(Cc2cccnc2)c2nc3ccc(Cl)cc3s2)cc(OC)c1OC. The number of carbonyl (C=O) groups is 1. The quantitative estimate of drug-likeness (QED) is 0.369. The normalized spacial score (nSPS) is 10.8. The Hall–Kier alpha value is -3.36. The standard InChI is InChI=1S/C23H20ClN3O4S/c1-29-18-9-15(10-19(30-2)21(18)31-3)22(28)27(13-14-5-4-8-25-12-14)23-26-17-7-6-16(24)11-20(17)32-23/h4-12H,13H2,1-3H3. The fourth-order valence-corrected chi connectivity index (χ4v) is 4.50. The molecule has 9 heteroatoms. The minimum Gasteiger partial charge on any atom is -0.493 e. The third kappa shape index (κ3) is 4.32. The maximum absolute atomic E-state index is 13.7. The number of halogens is 1. The molecular weight excluding hydrogens is 450 g/mol. The van der Waals surface area contributed by atoms with E-state index in [0.29, 0.717) is 33.0 Å². The van der Waals surface area contributed by atoms with Crippen molar-refractivity contribution < 1.29 is 19.0 Å². The lowest BCUT2D eigenvalue weighted by molar-refractivity contribution is 0.0984. The van der Waals surface area contributed by atoms with Crippen molar-refractivity contribution in [3.8, 4) is 17.2 Å². The summed E-state index contributed by atoms with van der Waals surface area (Å²) >= 11 is 7.53. The number of thiazole rings is 1. The summed E-state index contributed by atoms with van der Waals surface area (Å²) in [5.41, 5.74) is 2.01. The van der Waals surface area contributed by atoms with Gasteiger partial charge in [-0.1, -0.05) is 29.0 Å². The van der Waals surface area contributed by atoms with Gasteiger partial charge < -0.3 is 14.2 Å². The van der Waals surface area contributed by atoms with Crippen LogP contribution in [0.3, 0.4) is 0 Å². The molecule has 0 atom stereocenters. The van der Waals surface area contributed by atoms with Gasteiger partial charge in [0.25, 0.3) is 5.91 Å². The van der Waals surface area contributed by atoms with Crippen LogP contribution in [-0.2, 0) is 6.54 Å². The summed E-state index contributed by atoms with van der Waals surface area (Å²) in [6, 6.07) is 12.4. The molecule has 7 nitrogen and oxygen atoms in total. The Bertz CT molecular complexity index is 1240. The predicted octanol–water partition coefficient (Wildman–Crippen LogP) is 5.22. The number of ether oxygens (including phenoxy) is 3. The molecule has 0 saturated heterocycles. The fourth-order valence-electron chi connectivity index (χ4n) is 3.26. The molecule has 0 unspecified atom stereocenters. The molecule has 32 heavy (non-hydrogen) atoms. The van der Waals surface area contributed by atoms with E-state index in [2.05, 4.69) is 9.97 Å². The average Bonchev–Trinajstić information content (AvgIpc) is 3.24. The minimum atomic E-state index is -0.266. The number of rotatable bonds is 7. The number of aromatic nitrogens is 2. The third-order valence-corrected chi connectivity index (χ3v) is 6.07. The molecule has 0 N–H and O–H groups in total. The average molecular weight is 470 g/mol. The molecule has 4 rings (SSSR count). The highest BCUT2D eigenvalue weighted by Gasteiger charge is 2.25. The number of pyridine rings is 1. The van der Waals surface area contributed by atoms with E-state index in [0.717, 1.165) is 15.8 Å². The Labute approximate surface area is 194 Å². The lowest BCUT2D eigenvalue weighted by Crippen LogP contribution is -2.30. The smallest absolute Gasteiger partial charge is 0.260 e. The lowest BCUT2D eigenvalue weighted by atomic mass is 10.1. The van der Waals surface area contributed by atoms with Crippen LogP contribution in [0.25, 0.3) is 10.2 Å². The molecule has 0 aliphatic heterocycles. The van der Waals surface area contributed by atoms with Gasteiger partial charge in [0.1, 0.15) is 0 Å². The van der Waals surface area contributed by atoms with Crippen LogP contribution in [0.1, 0.15) is 15.9 Å². The third-order valence-electron chi connectivity index (χ3n) is 4.79. The summed E-state index contributed by atoms with van der Waals surface area (Å²) in [6.45, 7) is 0.289. The summed E-state index contributed by atoms with van der Waals surface area (Å²) in [4.78, 5) is 24.2. The van der Waals surface area contributed by atoms with Crippen LogP contribution < -0.4 is 19.1 Å². The Morgan fingerprint density at radius 3 is 2.44 bits per heavy atom. The van der Waals surface area contributed by atoms with E-state index in [9.17, 15) is 4.79 Å². The van der Waals surface area contributed by atoms with Gasteiger partial charge in [0, 0.05) is 23.0 Å². The molecule has 0 radical (unpaired) electrons. The lowest BCUT2D eigenvalue weighted by Gasteiger charge is -2.21. The molecule has 2 heterocycles. The molecule has 0 spiro atoms. The maximum atomic E-state index is 13.7. The van der Waals surface area contributed by atoms with Gasteiger partial charge in [0.05, 0.1) is 38.1 Å². The second-order valence-corrected chi connectivity index (χ2v) is 8.22. The molecule has 0 fully saturated rings. The molecule has 0 bridgehead atoms. The van der Waals surface area contributed by atoms with E-state index in [4.69, 9.17) is 25.8 Å². The first-order chi connectivity index (χ1) is 15.5. The van der Waals surface area contributed by atoms with Crippen LogP contribution in [0.2, 0.25) is 5.02 Å². The summed E-state index contributed by atoms with van der Waals surface area (Å²) in [5.74, 6) is 0.943. The van der Waals surface area contributed by atoms with Gasteiger partial charge in [-0.3, -0.25) is 14.7 Å². The molecule has 164 valence electrons. The molecule has 2 aromatic heterocycles. The zero-order chi connectivity index (χ0) is 22.7. The van der Waals surface area contributed by atoms with Gasteiger partial charge in [-0.25, -0.2) is 4.98 Å². The second-order valence-electron chi connectivity index (χ2n) is 6.78. The summed E-state index contributed by atoms with van der Waals surface area (Å²) in [6.07, 6.45) is 3.41. The van der Waals surface area contributed by atoms with Crippen molar-refractivity contribution in [3.63, 3.8) is 0 Å². The van der Waals surface area contributed by atoms with Crippen molar-refractivity contribution in [1.29, 1.82) is 0 Å². The highest BCUT2D eigenvalue weighted by molar-refractivity contribution is 7.22. The summed E-state index contributed by atoms with van der Waals surface area (Å²) in [7, 11) is 4.54. The van der Waals surface area contributed by atoms with Gasteiger partial charge >= 0.3 is 0 Å². The van der Waals surface area contributed by atoms with Crippen LogP contribution in [0, 0.1) is 0 Å². The van der Waals surface area contributed by atoms with Gasteiger partial charge in [-0.05, 0) is 42.0 Å². The van der Waals surface area contributed by atoms with Gasteiger partial charge in [0.2, 0.25) is 5.75 Å². The Balaban J connectivity index is 1.81. The molecule has 0 aliphatic rings. The molecule has 0 aliphatic carbocycles. The van der Waals surface area contributed by atoms with E-state index in [1.54, 1.807) is 35.5 Å². The number of amides is 1. The first-order valence-corrected chi connectivity index (χ1v) is 10.8. The van der Waals surface area contributed by atoms with E-state index in [1.165, 1.54) is 32.7 Å². The number of fused-ring (bicyclic) bond motifs is 1. The molecule has 4 aromatic rings. The van der Waals surface area contributed by atoms with E-state index in [-0.39, 0.29) is 12.5 Å². The number of hydrogen-bond acceptors (Lipinski definition) is 7. The minimum absolute atomic E-state index is 0.266. The van der Waals surface area contributed by atoms with E-state index in [1.807, 2.05) is 24.3 Å². The van der Waals surface area contributed by atoms with Crippen molar-refractivity contribution in [2.24, 2.45) is 0 Å². The Morgan fingerprint density at radius 1 is 1.06 bits per heavy atom. The van der Waals surface area contributed by atoms with Crippen LogP contribution >= 0.6 is 22.9 Å². The maximum Gasteiger partial charge on any atom is 0.260 e. The zero-order valence-electron chi connectivity index (χ0n) is 17.7. The van der Waals surface area contributed by atoms with E-state index >= 15 is 0 Å². The first kappa shape index (κ1) is 21.9.